The molecule has 0 radical (unpaired) electrons. The van der Waals surface area contributed by atoms with Gasteiger partial charge in [-0.1, -0.05) is 48.9 Å². The Bertz CT molecular complexity index is 763. The van der Waals surface area contributed by atoms with E-state index in [4.69, 9.17) is 21.4 Å². The lowest BCUT2D eigenvalue weighted by molar-refractivity contribution is 0.153. The van der Waals surface area contributed by atoms with E-state index in [2.05, 4.69) is 31.2 Å². The minimum atomic E-state index is -0.981. The molecule has 0 bridgehead atoms. The lowest BCUT2D eigenvalue weighted by Gasteiger charge is -2.32. The number of ether oxygens (including phenoxy) is 1. The predicted octanol–water partition coefficient (Wildman–Crippen LogP) is 4.80. The van der Waals surface area contributed by atoms with Gasteiger partial charge in [0, 0.05) is 18.0 Å². The summed E-state index contributed by atoms with van der Waals surface area (Å²) in [6.45, 7) is 3.10. The van der Waals surface area contributed by atoms with E-state index in [1.807, 2.05) is 18.2 Å². The number of carboxylic acid groups (broad SMARTS) is 1. The third kappa shape index (κ3) is 3.90. The SMILES string of the molecule is CC1c2cc(Cl)c(CN(C)C(=O)O)cc2OCC1Cc1ccccc1. The minimum Gasteiger partial charge on any atom is -0.493 e. The van der Waals surface area contributed by atoms with Gasteiger partial charge in [0.25, 0.3) is 0 Å². The summed E-state index contributed by atoms with van der Waals surface area (Å²) in [5.41, 5.74) is 3.16. The number of hydrogen-bond donors (Lipinski definition) is 1. The molecule has 1 amide bonds. The fourth-order valence-electron chi connectivity index (χ4n) is 3.28. The smallest absolute Gasteiger partial charge is 0.407 e. The van der Waals surface area contributed by atoms with Crippen LogP contribution in [0.4, 0.5) is 4.79 Å². The highest BCUT2D eigenvalue weighted by atomic mass is 35.5. The molecule has 5 heteroatoms. The maximum Gasteiger partial charge on any atom is 0.407 e. The van der Waals surface area contributed by atoms with Crippen molar-refractivity contribution in [1.82, 2.24) is 4.90 Å². The third-order valence-electron chi connectivity index (χ3n) is 4.90. The number of halogens is 1. The van der Waals surface area contributed by atoms with Gasteiger partial charge in [-0.15, -0.1) is 0 Å². The molecule has 1 N–H and O–H groups in total. The first-order chi connectivity index (χ1) is 12.0. The number of hydrogen-bond acceptors (Lipinski definition) is 2. The minimum absolute atomic E-state index is 0.243. The summed E-state index contributed by atoms with van der Waals surface area (Å²) in [7, 11) is 1.53. The average Bonchev–Trinajstić information content (AvgIpc) is 2.59. The quantitative estimate of drug-likeness (QED) is 0.852. The normalized spacial score (nSPS) is 19.0. The zero-order valence-electron chi connectivity index (χ0n) is 14.4. The molecule has 2 aromatic rings. The lowest BCUT2D eigenvalue weighted by Crippen LogP contribution is -2.27. The summed E-state index contributed by atoms with van der Waals surface area (Å²) in [4.78, 5) is 12.2. The fraction of sp³-hybridized carbons (Fsp3) is 0.350. The van der Waals surface area contributed by atoms with Crippen LogP contribution in [0.2, 0.25) is 5.02 Å². The van der Waals surface area contributed by atoms with Crippen LogP contribution < -0.4 is 4.74 Å². The second-order valence-electron chi connectivity index (χ2n) is 6.67. The van der Waals surface area contributed by atoms with Gasteiger partial charge in [0.1, 0.15) is 5.75 Å². The Balaban J connectivity index is 1.80. The van der Waals surface area contributed by atoms with Crippen LogP contribution in [-0.4, -0.2) is 29.8 Å². The molecular weight excluding hydrogens is 338 g/mol. The Morgan fingerprint density at radius 1 is 1.32 bits per heavy atom. The zero-order valence-corrected chi connectivity index (χ0v) is 15.2. The van der Waals surface area contributed by atoms with Crippen molar-refractivity contribution in [2.24, 2.45) is 5.92 Å². The molecule has 0 aliphatic carbocycles. The van der Waals surface area contributed by atoms with Crippen LogP contribution in [0.25, 0.3) is 0 Å². The van der Waals surface area contributed by atoms with Crippen LogP contribution in [-0.2, 0) is 13.0 Å². The average molecular weight is 360 g/mol. The fourth-order valence-corrected chi connectivity index (χ4v) is 3.52. The Kier molecular flexibility index (Phi) is 5.19. The molecule has 1 heterocycles. The van der Waals surface area contributed by atoms with E-state index in [1.54, 1.807) is 0 Å². The molecule has 1 aliphatic rings. The molecule has 0 fully saturated rings. The van der Waals surface area contributed by atoms with Crippen LogP contribution in [0.5, 0.6) is 5.75 Å². The molecular formula is C20H22ClNO3. The van der Waals surface area contributed by atoms with E-state index in [1.165, 1.54) is 17.5 Å². The summed E-state index contributed by atoms with van der Waals surface area (Å²) in [6.07, 6.45) is -0.0197. The van der Waals surface area contributed by atoms with Crippen molar-refractivity contribution < 1.29 is 14.6 Å². The number of fused-ring (bicyclic) bond motifs is 1. The van der Waals surface area contributed by atoms with Gasteiger partial charge in [-0.3, -0.25) is 0 Å². The van der Waals surface area contributed by atoms with Crippen molar-refractivity contribution >= 4 is 17.7 Å². The third-order valence-corrected chi connectivity index (χ3v) is 5.26. The van der Waals surface area contributed by atoms with Crippen LogP contribution in [0, 0.1) is 5.92 Å². The first-order valence-corrected chi connectivity index (χ1v) is 8.76. The zero-order chi connectivity index (χ0) is 18.0. The van der Waals surface area contributed by atoms with Crippen LogP contribution in [0.15, 0.2) is 42.5 Å². The molecule has 2 aromatic carbocycles. The summed E-state index contributed by atoms with van der Waals surface area (Å²) in [6, 6.07) is 14.2. The van der Waals surface area contributed by atoms with Gasteiger partial charge in [-0.2, -0.15) is 0 Å². The Hall–Kier alpha value is -2.20. The van der Waals surface area contributed by atoms with Gasteiger partial charge in [-0.05, 0) is 41.2 Å². The molecule has 0 saturated heterocycles. The molecule has 4 nitrogen and oxygen atoms in total. The lowest BCUT2D eigenvalue weighted by atomic mass is 9.81. The summed E-state index contributed by atoms with van der Waals surface area (Å²) >= 11 is 6.41. The second kappa shape index (κ2) is 7.36. The van der Waals surface area contributed by atoms with Gasteiger partial charge in [0.05, 0.1) is 13.2 Å². The molecule has 3 rings (SSSR count). The van der Waals surface area contributed by atoms with E-state index in [0.717, 1.165) is 23.3 Å². The molecule has 2 atom stereocenters. The van der Waals surface area contributed by atoms with Crippen LogP contribution in [0.3, 0.4) is 0 Å². The van der Waals surface area contributed by atoms with Gasteiger partial charge >= 0.3 is 6.09 Å². The highest BCUT2D eigenvalue weighted by Crippen LogP contribution is 2.41. The largest absolute Gasteiger partial charge is 0.493 e. The maximum absolute atomic E-state index is 11.0. The molecule has 132 valence electrons. The number of rotatable bonds is 4. The predicted molar refractivity (Wildman–Crippen MR) is 98.5 cm³/mol. The standard InChI is InChI=1S/C20H22ClNO3/c1-13-16(8-14-6-4-3-5-7-14)12-25-19-9-15(11-22(2)20(23)24)18(21)10-17(13)19/h3-7,9-10,13,16H,8,11-12H2,1-2H3,(H,23,24). The number of carbonyl (C=O) groups is 1. The van der Waals surface area contributed by atoms with Crippen molar-refractivity contribution in [1.29, 1.82) is 0 Å². The molecule has 0 spiro atoms. The number of amides is 1. The van der Waals surface area contributed by atoms with Crippen LogP contribution in [0.1, 0.15) is 29.5 Å². The first kappa shape index (κ1) is 17.6. The summed E-state index contributed by atoms with van der Waals surface area (Å²) in [5, 5.41) is 9.63. The van der Waals surface area contributed by atoms with Crippen LogP contribution >= 0.6 is 11.6 Å². The highest BCUT2D eigenvalue weighted by Gasteiger charge is 2.29. The molecule has 2 unspecified atom stereocenters. The Morgan fingerprint density at radius 2 is 2.04 bits per heavy atom. The van der Waals surface area contributed by atoms with Crippen molar-refractivity contribution in [3.63, 3.8) is 0 Å². The topological polar surface area (TPSA) is 49.8 Å². The van der Waals surface area contributed by atoms with Gasteiger partial charge in [0.15, 0.2) is 0 Å². The van der Waals surface area contributed by atoms with Crippen molar-refractivity contribution in [3.8, 4) is 5.75 Å². The van der Waals surface area contributed by atoms with E-state index >= 15 is 0 Å². The Morgan fingerprint density at radius 3 is 2.72 bits per heavy atom. The molecule has 25 heavy (non-hydrogen) atoms. The van der Waals surface area contributed by atoms with Gasteiger partial charge in [-0.25, -0.2) is 4.79 Å². The van der Waals surface area contributed by atoms with E-state index in [9.17, 15) is 4.79 Å². The molecule has 0 aromatic heterocycles. The summed E-state index contributed by atoms with van der Waals surface area (Å²) < 4.78 is 5.99. The Labute approximate surface area is 153 Å². The first-order valence-electron chi connectivity index (χ1n) is 8.38. The monoisotopic (exact) mass is 359 g/mol. The highest BCUT2D eigenvalue weighted by molar-refractivity contribution is 6.31. The molecule has 0 saturated carbocycles. The van der Waals surface area contributed by atoms with E-state index in [-0.39, 0.29) is 6.54 Å². The van der Waals surface area contributed by atoms with Gasteiger partial charge in [0.2, 0.25) is 0 Å². The molecule has 1 aliphatic heterocycles. The maximum atomic E-state index is 11.0. The van der Waals surface area contributed by atoms with Crippen molar-refractivity contribution in [3.05, 3.63) is 64.2 Å². The van der Waals surface area contributed by atoms with Gasteiger partial charge < -0.3 is 14.7 Å². The van der Waals surface area contributed by atoms with E-state index in [0.29, 0.717) is 23.5 Å². The second-order valence-corrected chi connectivity index (χ2v) is 7.08. The number of nitrogens with zero attached hydrogens (tertiary/aromatic N) is 1. The number of benzene rings is 2. The van der Waals surface area contributed by atoms with Crippen molar-refractivity contribution in [2.45, 2.75) is 25.8 Å². The van der Waals surface area contributed by atoms with E-state index < -0.39 is 6.09 Å². The van der Waals surface area contributed by atoms with Crippen molar-refractivity contribution in [2.75, 3.05) is 13.7 Å². The summed E-state index contributed by atoms with van der Waals surface area (Å²) in [5.74, 6) is 1.53.